The molecule has 0 amide bonds. The molecule has 0 saturated heterocycles. The van der Waals surface area contributed by atoms with Crippen LogP contribution in [0.4, 0.5) is 0 Å². The molecule has 0 spiro atoms. The average Bonchev–Trinajstić information content (AvgIpc) is 3.15. The third kappa shape index (κ3) is 8.58. The number of carboxylic acid groups (broad SMARTS) is 2. The van der Waals surface area contributed by atoms with Crippen LogP contribution in [0, 0.1) is 0 Å². The highest BCUT2D eigenvalue weighted by molar-refractivity contribution is 5.89. The van der Waals surface area contributed by atoms with E-state index in [-0.39, 0.29) is 0 Å². The van der Waals surface area contributed by atoms with Crippen molar-refractivity contribution in [1.29, 1.82) is 0 Å². The monoisotopic (exact) mass is 442 g/mol. The van der Waals surface area contributed by atoms with Crippen molar-refractivity contribution < 1.29 is 29.3 Å². The van der Waals surface area contributed by atoms with Crippen molar-refractivity contribution in [3.63, 3.8) is 0 Å². The molecule has 2 atom stereocenters. The van der Waals surface area contributed by atoms with Crippen LogP contribution in [0.25, 0.3) is 11.1 Å². The molecule has 2 aromatic carbocycles. The maximum absolute atomic E-state index is 11.2. The van der Waals surface area contributed by atoms with Crippen LogP contribution < -0.4 is 11.1 Å². The van der Waals surface area contributed by atoms with E-state index >= 15 is 0 Å². The number of hydrogen-bond donors (Lipinski definition) is 5. The minimum Gasteiger partial charge on any atom is -0.478 e. The Balaban J connectivity index is 0.000000390. The van der Waals surface area contributed by atoms with Gasteiger partial charge < -0.3 is 25.1 Å². The predicted octanol–water partition coefficient (Wildman–Crippen LogP) is 2.48. The highest BCUT2D eigenvalue weighted by Gasteiger charge is 2.12. The highest BCUT2D eigenvalue weighted by atomic mass is 16.4. The average molecular weight is 442 g/mol. The molecule has 9 heteroatoms. The van der Waals surface area contributed by atoms with Crippen LogP contribution in [0.5, 0.6) is 0 Å². The summed E-state index contributed by atoms with van der Waals surface area (Å²) in [7, 11) is 0. The number of aromatic nitrogens is 1. The Labute approximate surface area is 184 Å². The van der Waals surface area contributed by atoms with E-state index in [1.54, 1.807) is 18.2 Å². The maximum atomic E-state index is 11.2. The van der Waals surface area contributed by atoms with Crippen LogP contribution in [0.1, 0.15) is 30.6 Å². The molecule has 1 heterocycles. The molecule has 0 bridgehead atoms. The van der Waals surface area contributed by atoms with Gasteiger partial charge in [0.2, 0.25) is 0 Å². The number of aliphatic carboxylic acids is 2. The Hall–Kier alpha value is -3.69. The van der Waals surface area contributed by atoms with E-state index in [0.717, 1.165) is 18.4 Å². The number of benzene rings is 2. The third-order valence-corrected chi connectivity index (χ3v) is 4.57. The van der Waals surface area contributed by atoms with E-state index in [1.165, 1.54) is 5.56 Å². The second kappa shape index (κ2) is 12.2. The molecule has 0 saturated carbocycles. The van der Waals surface area contributed by atoms with Gasteiger partial charge in [-0.05, 0) is 43.0 Å². The minimum atomic E-state index is -1.26. The Morgan fingerprint density at radius 2 is 1.75 bits per heavy atom. The molecule has 3 rings (SSSR count). The predicted molar refractivity (Wildman–Crippen MR) is 118 cm³/mol. The molecule has 5 N–H and O–H groups in total. The molecule has 0 aliphatic rings. The smallest absolute Gasteiger partial charge is 0.417 e. The normalized spacial score (nSPS) is 12.8. The van der Waals surface area contributed by atoms with Gasteiger partial charge in [-0.3, -0.25) is 4.98 Å². The molecule has 3 aromatic rings. The minimum absolute atomic E-state index is 0.300. The second-order valence-electron chi connectivity index (χ2n) is 7.13. The summed E-state index contributed by atoms with van der Waals surface area (Å²) in [5.41, 5.74) is 3.15. The van der Waals surface area contributed by atoms with Crippen molar-refractivity contribution in [3.05, 3.63) is 82.4 Å². The van der Waals surface area contributed by atoms with E-state index < -0.39 is 23.8 Å². The topological polar surface area (TPSA) is 153 Å². The number of carboxylic acids is 2. The Morgan fingerprint density at radius 3 is 2.38 bits per heavy atom. The molecule has 0 aliphatic heterocycles. The number of aryl methyl sites for hydroxylation is 1. The van der Waals surface area contributed by atoms with Gasteiger partial charge in [0, 0.05) is 24.7 Å². The zero-order valence-electron chi connectivity index (χ0n) is 17.5. The van der Waals surface area contributed by atoms with Gasteiger partial charge in [0.1, 0.15) is 0 Å². The molecule has 0 fully saturated rings. The Kier molecular flexibility index (Phi) is 9.40. The molecule has 2 unspecified atom stereocenters. The van der Waals surface area contributed by atoms with Crippen LogP contribution in [0.3, 0.4) is 0 Å². The van der Waals surface area contributed by atoms with E-state index in [1.807, 2.05) is 18.2 Å². The van der Waals surface area contributed by atoms with Gasteiger partial charge >= 0.3 is 17.7 Å². The number of carbonyl (C=O) groups is 2. The van der Waals surface area contributed by atoms with Gasteiger partial charge in [-0.25, -0.2) is 14.4 Å². The van der Waals surface area contributed by atoms with E-state index in [9.17, 15) is 19.5 Å². The first-order valence-corrected chi connectivity index (χ1v) is 9.96. The van der Waals surface area contributed by atoms with Crippen molar-refractivity contribution in [2.45, 2.75) is 31.9 Å². The Morgan fingerprint density at radius 1 is 1.09 bits per heavy atom. The molecule has 170 valence electrons. The van der Waals surface area contributed by atoms with Crippen molar-refractivity contribution in [1.82, 2.24) is 10.3 Å². The molecule has 1 aromatic heterocycles. The zero-order chi connectivity index (χ0) is 23.5. The van der Waals surface area contributed by atoms with E-state index in [4.69, 9.17) is 14.6 Å². The lowest BCUT2D eigenvalue weighted by Gasteiger charge is -2.17. The Bertz CT molecular complexity index is 1090. The lowest BCUT2D eigenvalue weighted by Crippen LogP contribution is -2.30. The molecule has 9 nitrogen and oxygen atoms in total. The van der Waals surface area contributed by atoms with E-state index in [0.29, 0.717) is 35.8 Å². The summed E-state index contributed by atoms with van der Waals surface area (Å²) in [6.45, 7) is 2.57. The zero-order valence-corrected chi connectivity index (χ0v) is 17.5. The second-order valence-corrected chi connectivity index (χ2v) is 7.13. The van der Waals surface area contributed by atoms with Crippen LogP contribution in [-0.4, -0.2) is 44.8 Å². The number of H-pyrrole nitrogens is 1. The number of aliphatic hydroxyl groups excluding tert-OH is 1. The number of aromatic amines is 1. The number of hydrogen-bond acceptors (Lipinski definition) is 6. The number of aliphatic hydroxyl groups is 1. The molecule has 0 aliphatic carbocycles. The first kappa shape index (κ1) is 24.6. The summed E-state index contributed by atoms with van der Waals surface area (Å²) < 4.78 is 5.03. The SMILES string of the molecule is CC(CCc1ccccc1)NCC(O)c1ccc2[nH]c(=O)oc2c1.O=C(O)/C=C\C(=O)O. The fourth-order valence-corrected chi connectivity index (χ4v) is 2.87. The summed E-state index contributed by atoms with van der Waals surface area (Å²) in [5.74, 6) is -3.00. The first-order valence-electron chi connectivity index (χ1n) is 9.96. The van der Waals surface area contributed by atoms with Gasteiger partial charge in [-0.2, -0.15) is 0 Å². The maximum Gasteiger partial charge on any atom is 0.417 e. The lowest BCUT2D eigenvalue weighted by molar-refractivity contribution is -0.134. The highest BCUT2D eigenvalue weighted by Crippen LogP contribution is 2.18. The van der Waals surface area contributed by atoms with Gasteiger partial charge in [0.05, 0.1) is 11.6 Å². The van der Waals surface area contributed by atoms with E-state index in [2.05, 4.69) is 29.4 Å². The van der Waals surface area contributed by atoms with Crippen LogP contribution >= 0.6 is 0 Å². The van der Waals surface area contributed by atoms with Crippen molar-refractivity contribution in [2.24, 2.45) is 0 Å². The number of oxazole rings is 1. The summed E-state index contributed by atoms with van der Waals surface area (Å²) in [5, 5.41) is 29.3. The van der Waals surface area contributed by atoms with Crippen LogP contribution in [0.2, 0.25) is 0 Å². The summed E-state index contributed by atoms with van der Waals surface area (Å²) in [6.07, 6.45) is 2.48. The van der Waals surface area contributed by atoms with Gasteiger partial charge in [-0.1, -0.05) is 36.4 Å². The molecule has 32 heavy (non-hydrogen) atoms. The fourth-order valence-electron chi connectivity index (χ4n) is 2.87. The van der Waals surface area contributed by atoms with Crippen molar-refractivity contribution >= 4 is 23.0 Å². The lowest BCUT2D eigenvalue weighted by atomic mass is 10.1. The van der Waals surface area contributed by atoms with Crippen LogP contribution in [-0.2, 0) is 16.0 Å². The van der Waals surface area contributed by atoms with Gasteiger partial charge in [0.25, 0.3) is 0 Å². The molecular formula is C23H26N2O7. The first-order chi connectivity index (χ1) is 15.2. The standard InChI is InChI=1S/C19H22N2O3.C4H4O4/c1-13(7-8-14-5-3-2-4-6-14)20-12-17(22)15-9-10-16-18(11-15)24-19(23)21-16;5-3(6)1-2-4(7)8/h2-6,9-11,13,17,20,22H,7-8,12H2,1H3,(H,21,23);1-2H,(H,5,6)(H,7,8)/b;2-1-. The van der Waals surface area contributed by atoms with Crippen LogP contribution in [0.15, 0.2) is 69.9 Å². The molecular weight excluding hydrogens is 416 g/mol. The molecule has 0 radical (unpaired) electrons. The largest absolute Gasteiger partial charge is 0.478 e. The van der Waals surface area contributed by atoms with Crippen molar-refractivity contribution in [3.8, 4) is 0 Å². The fraction of sp³-hybridized carbons (Fsp3) is 0.261. The summed E-state index contributed by atoms with van der Waals surface area (Å²) >= 11 is 0. The summed E-state index contributed by atoms with van der Waals surface area (Å²) in [4.78, 5) is 32.9. The quantitative estimate of drug-likeness (QED) is 0.317. The van der Waals surface area contributed by atoms with Gasteiger partial charge in [0.15, 0.2) is 5.58 Å². The number of fused-ring (bicyclic) bond motifs is 1. The summed E-state index contributed by atoms with van der Waals surface area (Å²) in [6, 6.07) is 15.9. The number of nitrogens with one attached hydrogen (secondary N) is 2. The third-order valence-electron chi connectivity index (χ3n) is 4.57. The van der Waals surface area contributed by atoms with Gasteiger partial charge in [-0.15, -0.1) is 0 Å². The number of rotatable bonds is 9. The van der Waals surface area contributed by atoms with Crippen molar-refractivity contribution in [2.75, 3.05) is 6.54 Å².